The van der Waals surface area contributed by atoms with E-state index in [1.165, 1.54) is 31.2 Å². The van der Waals surface area contributed by atoms with Crippen molar-refractivity contribution in [3.63, 3.8) is 0 Å². The number of hydrogen-bond acceptors (Lipinski definition) is 5. The van der Waals surface area contributed by atoms with Crippen molar-refractivity contribution in [1.29, 1.82) is 0 Å². The van der Waals surface area contributed by atoms with Crippen molar-refractivity contribution < 1.29 is 14.3 Å². The second-order valence-electron chi connectivity index (χ2n) is 4.64. The predicted octanol–water partition coefficient (Wildman–Crippen LogP) is 2.56. The van der Waals surface area contributed by atoms with Gasteiger partial charge < -0.3 is 9.52 Å². The molecular formula is C15H11NO4. The maximum absolute atomic E-state index is 12.4. The summed E-state index contributed by atoms with van der Waals surface area (Å²) in [4.78, 5) is 28.1. The summed E-state index contributed by atoms with van der Waals surface area (Å²) in [5.41, 5.74) is 1.08. The van der Waals surface area contributed by atoms with Crippen molar-refractivity contribution in [3.05, 3.63) is 45.7 Å². The van der Waals surface area contributed by atoms with E-state index in [9.17, 15) is 14.7 Å². The van der Waals surface area contributed by atoms with Crippen LogP contribution in [0.25, 0.3) is 22.1 Å². The average molecular weight is 269 g/mol. The van der Waals surface area contributed by atoms with Gasteiger partial charge in [-0.05, 0) is 32.0 Å². The highest BCUT2D eigenvalue weighted by molar-refractivity contribution is 5.99. The number of aryl methyl sites for hydroxylation is 1. The molecule has 2 heterocycles. The summed E-state index contributed by atoms with van der Waals surface area (Å²) in [6.07, 6.45) is 0. The summed E-state index contributed by atoms with van der Waals surface area (Å²) >= 11 is 0. The molecule has 0 radical (unpaired) electrons. The largest absolute Gasteiger partial charge is 0.508 e. The highest BCUT2D eigenvalue weighted by Crippen LogP contribution is 2.22. The number of phenolic OH excluding ortho intramolecular Hbond substituents is 1. The molecule has 0 saturated heterocycles. The molecular weight excluding hydrogens is 258 g/mol. The molecule has 0 aliphatic carbocycles. The maximum Gasteiger partial charge on any atom is 0.230 e. The maximum atomic E-state index is 12.4. The molecule has 0 saturated carbocycles. The van der Waals surface area contributed by atoms with Crippen molar-refractivity contribution in [1.82, 2.24) is 4.98 Å². The van der Waals surface area contributed by atoms with Crippen LogP contribution in [0.2, 0.25) is 0 Å². The molecule has 5 heteroatoms. The molecule has 0 spiro atoms. The third-order valence-corrected chi connectivity index (χ3v) is 3.22. The Hall–Kier alpha value is -2.69. The van der Waals surface area contributed by atoms with Gasteiger partial charge in [-0.15, -0.1) is 0 Å². The van der Waals surface area contributed by atoms with Crippen molar-refractivity contribution in [2.24, 2.45) is 0 Å². The molecule has 5 nitrogen and oxygen atoms in total. The van der Waals surface area contributed by atoms with Crippen molar-refractivity contribution in [3.8, 4) is 5.75 Å². The Morgan fingerprint density at radius 1 is 1.25 bits per heavy atom. The normalized spacial score (nSPS) is 11.1. The lowest BCUT2D eigenvalue weighted by Crippen LogP contribution is -2.07. The fourth-order valence-corrected chi connectivity index (χ4v) is 2.21. The number of Topliss-reactive ketones (excluding diaryl/α,β-unsaturated/α-hetero) is 1. The van der Waals surface area contributed by atoms with Crippen LogP contribution in [0.1, 0.15) is 23.0 Å². The summed E-state index contributed by atoms with van der Waals surface area (Å²) in [7, 11) is 0. The predicted molar refractivity (Wildman–Crippen MR) is 74.2 cm³/mol. The highest BCUT2D eigenvalue weighted by Gasteiger charge is 2.14. The molecule has 3 rings (SSSR count). The van der Waals surface area contributed by atoms with Gasteiger partial charge in [-0.2, -0.15) is 0 Å². The molecule has 0 aliphatic rings. The number of benzene rings is 1. The topological polar surface area (TPSA) is 80.4 Å². The van der Waals surface area contributed by atoms with E-state index >= 15 is 0 Å². The van der Waals surface area contributed by atoms with Crippen LogP contribution in [0, 0.1) is 6.92 Å². The molecule has 1 aromatic carbocycles. The standard InChI is InChI=1S/C15H11NO4/c1-7-11(8(2)17)6-12-14(19)10-4-3-9(18)5-13(10)20-15(12)16-7/h3-6,18H,1-2H3. The van der Waals surface area contributed by atoms with Gasteiger partial charge >= 0.3 is 0 Å². The highest BCUT2D eigenvalue weighted by atomic mass is 16.3. The summed E-state index contributed by atoms with van der Waals surface area (Å²) < 4.78 is 5.54. The molecule has 0 fully saturated rings. The van der Waals surface area contributed by atoms with E-state index in [0.29, 0.717) is 16.6 Å². The first kappa shape index (κ1) is 12.3. The molecule has 0 atom stereocenters. The van der Waals surface area contributed by atoms with Crippen LogP contribution in [0.5, 0.6) is 5.75 Å². The third-order valence-electron chi connectivity index (χ3n) is 3.22. The summed E-state index contributed by atoms with van der Waals surface area (Å²) in [5, 5.41) is 10.0. The van der Waals surface area contributed by atoms with Gasteiger partial charge in [0, 0.05) is 11.6 Å². The lowest BCUT2D eigenvalue weighted by Gasteiger charge is -2.05. The number of carbonyl (C=O) groups is 1. The van der Waals surface area contributed by atoms with Gasteiger partial charge in [0.05, 0.1) is 16.5 Å². The second kappa shape index (κ2) is 4.16. The number of rotatable bonds is 1. The van der Waals surface area contributed by atoms with Crippen LogP contribution < -0.4 is 5.43 Å². The third kappa shape index (κ3) is 1.75. The second-order valence-corrected chi connectivity index (χ2v) is 4.64. The van der Waals surface area contributed by atoms with E-state index in [1.54, 1.807) is 6.92 Å². The first-order valence-electron chi connectivity index (χ1n) is 6.05. The Balaban J connectivity index is 2.50. The number of aromatic hydroxyl groups is 1. The zero-order valence-electron chi connectivity index (χ0n) is 10.9. The van der Waals surface area contributed by atoms with Crippen LogP contribution in [-0.2, 0) is 0 Å². The van der Waals surface area contributed by atoms with E-state index in [2.05, 4.69) is 4.98 Å². The van der Waals surface area contributed by atoms with E-state index < -0.39 is 0 Å². The number of aromatic nitrogens is 1. The lowest BCUT2D eigenvalue weighted by atomic mass is 10.1. The number of phenols is 1. The monoisotopic (exact) mass is 269 g/mol. The zero-order valence-corrected chi connectivity index (χ0v) is 10.9. The molecule has 1 N–H and O–H groups in total. The number of nitrogens with zero attached hydrogens (tertiary/aromatic N) is 1. The molecule has 0 unspecified atom stereocenters. The number of hydrogen-bond donors (Lipinski definition) is 1. The zero-order chi connectivity index (χ0) is 14.4. The number of pyridine rings is 1. The molecule has 0 aliphatic heterocycles. The summed E-state index contributed by atoms with van der Waals surface area (Å²) in [6.45, 7) is 3.11. The number of ketones is 1. The van der Waals surface area contributed by atoms with Gasteiger partial charge in [-0.25, -0.2) is 4.98 Å². The Bertz CT molecular complexity index is 924. The van der Waals surface area contributed by atoms with E-state index in [1.807, 2.05) is 0 Å². The van der Waals surface area contributed by atoms with Crippen LogP contribution in [0.15, 0.2) is 33.5 Å². The van der Waals surface area contributed by atoms with Crippen LogP contribution in [-0.4, -0.2) is 15.9 Å². The summed E-state index contributed by atoms with van der Waals surface area (Å²) in [5.74, 6) is -0.140. The van der Waals surface area contributed by atoms with Crippen LogP contribution in [0.4, 0.5) is 0 Å². The first-order valence-corrected chi connectivity index (χ1v) is 6.05. The molecule has 0 amide bonds. The minimum atomic E-state index is -0.267. The average Bonchev–Trinajstić information content (AvgIpc) is 2.37. The van der Waals surface area contributed by atoms with Crippen LogP contribution in [0.3, 0.4) is 0 Å². The molecule has 20 heavy (non-hydrogen) atoms. The molecule has 100 valence electrons. The van der Waals surface area contributed by atoms with Crippen molar-refractivity contribution in [2.45, 2.75) is 13.8 Å². The van der Waals surface area contributed by atoms with Gasteiger partial charge in [0.25, 0.3) is 0 Å². The van der Waals surface area contributed by atoms with Gasteiger partial charge in [0.1, 0.15) is 11.3 Å². The lowest BCUT2D eigenvalue weighted by molar-refractivity contribution is 0.101. The Morgan fingerprint density at radius 2 is 2.00 bits per heavy atom. The fourth-order valence-electron chi connectivity index (χ4n) is 2.21. The number of carbonyl (C=O) groups excluding carboxylic acids is 1. The fraction of sp³-hybridized carbons (Fsp3) is 0.133. The Morgan fingerprint density at radius 3 is 2.70 bits per heavy atom. The van der Waals surface area contributed by atoms with Crippen molar-refractivity contribution in [2.75, 3.05) is 0 Å². The minimum Gasteiger partial charge on any atom is -0.508 e. The van der Waals surface area contributed by atoms with E-state index in [-0.39, 0.29) is 33.6 Å². The van der Waals surface area contributed by atoms with Crippen molar-refractivity contribution >= 4 is 27.9 Å². The number of fused-ring (bicyclic) bond motifs is 2. The molecule has 3 aromatic rings. The minimum absolute atomic E-state index is 0.0112. The van der Waals surface area contributed by atoms with E-state index in [0.717, 1.165) is 0 Å². The first-order chi connectivity index (χ1) is 9.47. The van der Waals surface area contributed by atoms with E-state index in [4.69, 9.17) is 4.42 Å². The molecule has 0 bridgehead atoms. The summed E-state index contributed by atoms with van der Waals surface area (Å²) in [6, 6.07) is 5.78. The molecule has 2 aromatic heterocycles. The van der Waals surface area contributed by atoms with Gasteiger partial charge in [-0.3, -0.25) is 9.59 Å². The van der Waals surface area contributed by atoms with Crippen LogP contribution >= 0.6 is 0 Å². The quantitative estimate of drug-likeness (QED) is 0.542. The van der Waals surface area contributed by atoms with Gasteiger partial charge in [0.2, 0.25) is 11.1 Å². The SMILES string of the molecule is CC(=O)c1cc2c(=O)c3ccc(O)cc3oc2nc1C. The Kier molecular flexibility index (Phi) is 2.57. The van der Waals surface area contributed by atoms with Gasteiger partial charge in [-0.1, -0.05) is 0 Å². The smallest absolute Gasteiger partial charge is 0.230 e. The Labute approximate surface area is 113 Å². The van der Waals surface area contributed by atoms with Gasteiger partial charge in [0.15, 0.2) is 5.78 Å².